The highest BCUT2D eigenvalue weighted by Gasteiger charge is 2.36. The van der Waals surface area contributed by atoms with Gasteiger partial charge in [0, 0.05) is 11.4 Å². The SMILES string of the molecule is CCOc1cc(/C=C2/SC(=O)N(CC(=O)Nc3cccc(F)c3)C2=O)cc(I)c1OCC(=O)Nc1ccccc1. The summed E-state index contributed by atoms with van der Waals surface area (Å²) in [7, 11) is 0. The largest absolute Gasteiger partial charge is 0.490 e. The van der Waals surface area contributed by atoms with Gasteiger partial charge in [0.05, 0.1) is 15.1 Å². The average Bonchev–Trinajstić information content (AvgIpc) is 3.16. The van der Waals surface area contributed by atoms with E-state index < -0.39 is 29.4 Å². The molecular weight excluding hydrogens is 652 g/mol. The third kappa shape index (κ3) is 7.60. The Balaban J connectivity index is 1.45. The van der Waals surface area contributed by atoms with Gasteiger partial charge in [0.1, 0.15) is 12.4 Å². The molecule has 0 saturated carbocycles. The molecule has 4 amide bonds. The van der Waals surface area contributed by atoms with Gasteiger partial charge in [-0.2, -0.15) is 0 Å². The van der Waals surface area contributed by atoms with Crippen molar-refractivity contribution in [1.29, 1.82) is 0 Å². The number of hydrogen-bond donors (Lipinski definition) is 2. The molecule has 1 heterocycles. The number of benzene rings is 3. The van der Waals surface area contributed by atoms with Crippen LogP contribution in [0, 0.1) is 9.39 Å². The van der Waals surface area contributed by atoms with Crippen LogP contribution in [-0.2, 0) is 14.4 Å². The second-order valence-corrected chi connectivity index (χ2v) is 10.4. The monoisotopic (exact) mass is 675 g/mol. The van der Waals surface area contributed by atoms with E-state index in [0.717, 1.165) is 11.0 Å². The molecule has 3 aromatic carbocycles. The van der Waals surface area contributed by atoms with Crippen molar-refractivity contribution >= 4 is 74.8 Å². The molecule has 0 aliphatic carbocycles. The molecule has 0 spiro atoms. The van der Waals surface area contributed by atoms with Crippen molar-refractivity contribution in [3.05, 3.63) is 86.6 Å². The highest BCUT2D eigenvalue weighted by atomic mass is 127. The first-order chi connectivity index (χ1) is 19.2. The van der Waals surface area contributed by atoms with Crippen LogP contribution in [-0.4, -0.2) is 47.6 Å². The first-order valence-corrected chi connectivity index (χ1v) is 13.9. The lowest BCUT2D eigenvalue weighted by molar-refractivity contribution is -0.127. The van der Waals surface area contributed by atoms with Crippen LogP contribution in [0.15, 0.2) is 71.6 Å². The Morgan fingerprint density at radius 2 is 1.70 bits per heavy atom. The smallest absolute Gasteiger partial charge is 0.294 e. The average molecular weight is 675 g/mol. The fourth-order valence-corrected chi connectivity index (χ4v) is 5.25. The number of carbonyl (C=O) groups excluding carboxylic acids is 4. The maximum absolute atomic E-state index is 13.4. The Morgan fingerprint density at radius 1 is 0.975 bits per heavy atom. The van der Waals surface area contributed by atoms with Gasteiger partial charge in [-0.1, -0.05) is 24.3 Å². The number of rotatable bonds is 10. The summed E-state index contributed by atoms with van der Waals surface area (Å²) < 4.78 is 25.5. The number of thioether (sulfide) groups is 1. The number of amides is 4. The van der Waals surface area contributed by atoms with Gasteiger partial charge in [0.2, 0.25) is 5.91 Å². The van der Waals surface area contributed by atoms with E-state index in [1.165, 1.54) is 24.3 Å². The van der Waals surface area contributed by atoms with Gasteiger partial charge in [0.15, 0.2) is 18.1 Å². The van der Waals surface area contributed by atoms with E-state index in [1.54, 1.807) is 31.2 Å². The first-order valence-electron chi connectivity index (χ1n) is 12.0. The van der Waals surface area contributed by atoms with E-state index in [2.05, 4.69) is 10.6 Å². The Labute approximate surface area is 247 Å². The zero-order valence-electron chi connectivity index (χ0n) is 21.1. The van der Waals surface area contributed by atoms with E-state index in [4.69, 9.17) is 9.47 Å². The summed E-state index contributed by atoms with van der Waals surface area (Å²) in [5, 5.41) is 4.61. The minimum absolute atomic E-state index is 0.123. The van der Waals surface area contributed by atoms with Gasteiger partial charge in [-0.3, -0.25) is 24.1 Å². The topological polar surface area (TPSA) is 114 Å². The lowest BCUT2D eigenvalue weighted by atomic mass is 10.2. The summed E-state index contributed by atoms with van der Waals surface area (Å²) in [5.41, 5.74) is 1.42. The molecule has 0 unspecified atom stereocenters. The van der Waals surface area contributed by atoms with Gasteiger partial charge in [-0.25, -0.2) is 4.39 Å². The predicted molar refractivity (Wildman–Crippen MR) is 159 cm³/mol. The van der Waals surface area contributed by atoms with Crippen LogP contribution in [0.5, 0.6) is 11.5 Å². The maximum Gasteiger partial charge on any atom is 0.294 e. The molecule has 1 aliphatic heterocycles. The van der Waals surface area contributed by atoms with Crippen LogP contribution in [0.4, 0.5) is 20.6 Å². The Bertz CT molecular complexity index is 1480. The first kappa shape index (κ1) is 29.1. The van der Waals surface area contributed by atoms with Crippen molar-refractivity contribution in [2.75, 3.05) is 30.4 Å². The number of imide groups is 1. The molecule has 0 atom stereocenters. The van der Waals surface area contributed by atoms with Gasteiger partial charge >= 0.3 is 0 Å². The number of anilines is 2. The minimum Gasteiger partial charge on any atom is -0.490 e. The molecule has 206 valence electrons. The number of nitrogens with one attached hydrogen (secondary N) is 2. The van der Waals surface area contributed by atoms with Crippen molar-refractivity contribution in [2.24, 2.45) is 0 Å². The molecule has 1 saturated heterocycles. The molecule has 9 nitrogen and oxygen atoms in total. The number of hydrogen-bond acceptors (Lipinski definition) is 7. The fourth-order valence-electron chi connectivity index (χ4n) is 3.63. The molecule has 4 rings (SSSR count). The van der Waals surface area contributed by atoms with Crippen LogP contribution < -0.4 is 20.1 Å². The van der Waals surface area contributed by atoms with Crippen molar-refractivity contribution in [2.45, 2.75) is 6.92 Å². The maximum atomic E-state index is 13.4. The molecule has 3 aromatic rings. The highest BCUT2D eigenvalue weighted by molar-refractivity contribution is 14.1. The molecule has 12 heteroatoms. The number of para-hydroxylation sites is 1. The zero-order valence-corrected chi connectivity index (χ0v) is 24.1. The van der Waals surface area contributed by atoms with E-state index in [0.29, 0.717) is 44.7 Å². The number of halogens is 2. The molecule has 0 bridgehead atoms. The summed E-state index contributed by atoms with van der Waals surface area (Å²) in [6, 6.07) is 17.6. The summed E-state index contributed by atoms with van der Waals surface area (Å²) in [6.07, 6.45) is 1.52. The van der Waals surface area contributed by atoms with E-state index >= 15 is 0 Å². The van der Waals surface area contributed by atoms with Gasteiger partial charge in [0.25, 0.3) is 17.1 Å². The zero-order chi connectivity index (χ0) is 28.6. The summed E-state index contributed by atoms with van der Waals surface area (Å²) in [5.74, 6) is -1.41. The van der Waals surface area contributed by atoms with Gasteiger partial charge in [-0.05, 0) is 95.4 Å². The number of nitrogens with zero attached hydrogens (tertiary/aromatic N) is 1. The second-order valence-electron chi connectivity index (χ2n) is 8.29. The van der Waals surface area contributed by atoms with Crippen LogP contribution >= 0.6 is 34.4 Å². The van der Waals surface area contributed by atoms with Crippen LogP contribution in [0.3, 0.4) is 0 Å². The Hall–Kier alpha value is -3.91. The van der Waals surface area contributed by atoms with Gasteiger partial charge < -0.3 is 20.1 Å². The van der Waals surface area contributed by atoms with Crippen LogP contribution in [0.25, 0.3) is 6.08 Å². The Morgan fingerprint density at radius 3 is 2.42 bits per heavy atom. The summed E-state index contributed by atoms with van der Waals surface area (Å²) in [6.45, 7) is 1.35. The molecule has 0 radical (unpaired) electrons. The molecule has 40 heavy (non-hydrogen) atoms. The molecule has 1 fully saturated rings. The third-order valence-electron chi connectivity index (χ3n) is 5.32. The number of carbonyl (C=O) groups is 4. The normalized spacial score (nSPS) is 13.9. The predicted octanol–water partition coefficient (Wildman–Crippen LogP) is 5.52. The van der Waals surface area contributed by atoms with Crippen LogP contribution in [0.2, 0.25) is 0 Å². The van der Waals surface area contributed by atoms with E-state index in [-0.39, 0.29) is 23.1 Å². The van der Waals surface area contributed by atoms with Crippen molar-refractivity contribution < 1.29 is 33.0 Å². The number of ether oxygens (including phenoxy) is 2. The summed E-state index contributed by atoms with van der Waals surface area (Å²) >= 11 is 2.74. The summed E-state index contributed by atoms with van der Waals surface area (Å²) in [4.78, 5) is 51.1. The van der Waals surface area contributed by atoms with E-state index in [1.807, 2.05) is 40.8 Å². The fraction of sp³-hybridized carbons (Fsp3) is 0.143. The minimum atomic E-state index is -0.639. The molecule has 2 N–H and O–H groups in total. The quantitative estimate of drug-likeness (QED) is 0.215. The standard InChI is InChI=1S/C28H23FIN3O6S/c1-2-38-22-12-17(11-21(30)26(22)39-16-25(35)31-19-8-4-3-5-9-19)13-23-27(36)33(28(37)40-23)15-24(34)32-20-10-6-7-18(29)14-20/h3-14H,2,15-16H2,1H3,(H,31,35)(H,32,34)/b23-13+. The van der Waals surface area contributed by atoms with Crippen LogP contribution in [0.1, 0.15) is 12.5 Å². The highest BCUT2D eigenvalue weighted by Crippen LogP contribution is 2.37. The van der Waals surface area contributed by atoms with Crippen molar-refractivity contribution in [3.63, 3.8) is 0 Å². The molecule has 0 aromatic heterocycles. The molecular formula is C28H23FIN3O6S. The lowest BCUT2D eigenvalue weighted by Gasteiger charge is -2.15. The Kier molecular flexibility index (Phi) is 9.77. The van der Waals surface area contributed by atoms with Crippen molar-refractivity contribution in [1.82, 2.24) is 4.90 Å². The van der Waals surface area contributed by atoms with Gasteiger partial charge in [-0.15, -0.1) is 0 Å². The second kappa shape index (κ2) is 13.4. The molecule has 1 aliphatic rings. The van der Waals surface area contributed by atoms with E-state index in [9.17, 15) is 23.6 Å². The van der Waals surface area contributed by atoms with Crippen molar-refractivity contribution in [3.8, 4) is 11.5 Å². The lowest BCUT2D eigenvalue weighted by Crippen LogP contribution is -2.36. The third-order valence-corrected chi connectivity index (χ3v) is 7.03.